The lowest BCUT2D eigenvalue weighted by molar-refractivity contribution is -0.139. The van der Waals surface area contributed by atoms with Crippen molar-refractivity contribution in [2.45, 2.75) is 19.1 Å². The fourth-order valence-corrected chi connectivity index (χ4v) is 1.30. The molecule has 3 nitrogen and oxygen atoms in total. The molecule has 0 spiro atoms. The van der Waals surface area contributed by atoms with Gasteiger partial charge < -0.3 is 10.5 Å². The van der Waals surface area contributed by atoms with Gasteiger partial charge in [0.15, 0.2) is 5.75 Å². The first-order valence-corrected chi connectivity index (χ1v) is 4.44. The van der Waals surface area contributed by atoms with Crippen molar-refractivity contribution in [3.05, 3.63) is 23.0 Å². The lowest BCUT2D eigenvalue weighted by atomic mass is 10.1. The summed E-state index contributed by atoms with van der Waals surface area (Å²) < 4.78 is 67.1. The largest absolute Gasteiger partial charge is 0.494 e. The van der Waals surface area contributed by atoms with Crippen molar-refractivity contribution < 1.29 is 26.7 Å². The Hall–Kier alpha value is -1.44. The lowest BCUT2D eigenvalue weighted by Gasteiger charge is -2.16. The molecule has 1 aromatic heterocycles. The molecule has 17 heavy (non-hydrogen) atoms. The maximum absolute atomic E-state index is 12.6. The second kappa shape index (κ2) is 4.82. The molecular formula is C9H9F5N2O. The third-order valence-corrected chi connectivity index (χ3v) is 1.99. The number of aromatic nitrogens is 1. The van der Waals surface area contributed by atoms with E-state index in [0.29, 0.717) is 0 Å². The molecule has 0 atom stereocenters. The zero-order chi connectivity index (χ0) is 13.2. The van der Waals surface area contributed by atoms with Crippen LogP contribution in [-0.2, 0) is 12.7 Å². The van der Waals surface area contributed by atoms with E-state index in [1.54, 1.807) is 0 Å². The molecule has 0 unspecified atom stereocenters. The van der Waals surface area contributed by atoms with Crippen molar-refractivity contribution in [3.63, 3.8) is 0 Å². The molecule has 96 valence electrons. The molecule has 1 heterocycles. The zero-order valence-electron chi connectivity index (χ0n) is 8.68. The van der Waals surface area contributed by atoms with Gasteiger partial charge in [-0.05, 0) is 6.07 Å². The van der Waals surface area contributed by atoms with Gasteiger partial charge in [0.05, 0.1) is 12.8 Å². The molecular weight excluding hydrogens is 247 g/mol. The van der Waals surface area contributed by atoms with Crippen LogP contribution in [0.25, 0.3) is 0 Å². The van der Waals surface area contributed by atoms with E-state index in [4.69, 9.17) is 5.73 Å². The van der Waals surface area contributed by atoms with Crippen LogP contribution in [0.1, 0.15) is 23.4 Å². The van der Waals surface area contributed by atoms with E-state index in [1.807, 2.05) is 0 Å². The summed E-state index contributed by atoms with van der Waals surface area (Å²) in [4.78, 5) is 3.34. The van der Waals surface area contributed by atoms with Gasteiger partial charge in [-0.15, -0.1) is 0 Å². The Kier molecular flexibility index (Phi) is 3.87. The Morgan fingerprint density at radius 3 is 2.35 bits per heavy atom. The van der Waals surface area contributed by atoms with Crippen molar-refractivity contribution in [1.82, 2.24) is 4.98 Å². The van der Waals surface area contributed by atoms with Crippen molar-refractivity contribution >= 4 is 0 Å². The van der Waals surface area contributed by atoms with Gasteiger partial charge in [-0.2, -0.15) is 13.2 Å². The van der Waals surface area contributed by atoms with Crippen molar-refractivity contribution in [2.24, 2.45) is 5.73 Å². The Labute approximate surface area is 93.4 Å². The minimum atomic E-state index is -4.80. The fraction of sp³-hybridized carbons (Fsp3) is 0.444. The molecule has 0 aromatic carbocycles. The van der Waals surface area contributed by atoms with E-state index >= 15 is 0 Å². The number of hydrogen-bond acceptors (Lipinski definition) is 3. The van der Waals surface area contributed by atoms with Gasteiger partial charge in [0.2, 0.25) is 0 Å². The number of nitrogens with two attached hydrogens (primary N) is 1. The quantitative estimate of drug-likeness (QED) is 0.845. The van der Waals surface area contributed by atoms with Crippen LogP contribution in [0.2, 0.25) is 0 Å². The highest BCUT2D eigenvalue weighted by atomic mass is 19.4. The number of nitrogens with zero attached hydrogens (tertiary/aromatic N) is 1. The van der Waals surface area contributed by atoms with E-state index < -0.39 is 36.2 Å². The monoisotopic (exact) mass is 256 g/mol. The molecule has 0 aliphatic carbocycles. The van der Waals surface area contributed by atoms with Crippen LogP contribution in [-0.4, -0.2) is 12.1 Å². The number of alkyl halides is 5. The molecule has 8 heteroatoms. The fourth-order valence-electron chi connectivity index (χ4n) is 1.30. The SMILES string of the molecule is COc1c(C(F)(F)F)cc(C(F)F)nc1CN. The van der Waals surface area contributed by atoms with Crippen LogP contribution in [0.4, 0.5) is 22.0 Å². The zero-order valence-corrected chi connectivity index (χ0v) is 8.68. The molecule has 0 saturated heterocycles. The Balaban J connectivity index is 3.48. The van der Waals surface area contributed by atoms with Gasteiger partial charge in [0.1, 0.15) is 11.3 Å². The maximum atomic E-state index is 12.6. The Morgan fingerprint density at radius 1 is 1.41 bits per heavy atom. The van der Waals surface area contributed by atoms with Crippen molar-refractivity contribution in [2.75, 3.05) is 7.11 Å². The minimum Gasteiger partial charge on any atom is -0.494 e. The van der Waals surface area contributed by atoms with Crippen molar-refractivity contribution in [3.8, 4) is 5.75 Å². The minimum absolute atomic E-state index is 0.267. The topological polar surface area (TPSA) is 48.1 Å². The predicted molar refractivity (Wildman–Crippen MR) is 48.6 cm³/mol. The normalized spacial score (nSPS) is 12.0. The average Bonchev–Trinajstić information content (AvgIpc) is 2.25. The third-order valence-electron chi connectivity index (χ3n) is 1.99. The van der Waals surface area contributed by atoms with Crippen LogP contribution in [0.15, 0.2) is 6.07 Å². The average molecular weight is 256 g/mol. The number of halogens is 5. The first kappa shape index (κ1) is 13.6. The Morgan fingerprint density at radius 2 is 2.00 bits per heavy atom. The number of ether oxygens (including phenoxy) is 1. The summed E-state index contributed by atoms with van der Waals surface area (Å²) in [6.07, 6.45) is -7.91. The molecule has 0 saturated carbocycles. The highest BCUT2D eigenvalue weighted by Crippen LogP contribution is 2.39. The summed E-state index contributed by atoms with van der Waals surface area (Å²) in [5, 5.41) is 0. The van der Waals surface area contributed by atoms with Crippen LogP contribution in [0.5, 0.6) is 5.75 Å². The second-order valence-corrected chi connectivity index (χ2v) is 3.08. The predicted octanol–water partition coefficient (Wildman–Crippen LogP) is 2.51. The summed E-state index contributed by atoms with van der Waals surface area (Å²) in [6.45, 7) is -0.424. The van der Waals surface area contributed by atoms with E-state index in [-0.39, 0.29) is 11.8 Å². The van der Waals surface area contributed by atoms with Crippen molar-refractivity contribution in [1.29, 1.82) is 0 Å². The molecule has 2 N–H and O–H groups in total. The number of rotatable bonds is 3. The van der Waals surface area contributed by atoms with Crippen LogP contribution < -0.4 is 10.5 Å². The maximum Gasteiger partial charge on any atom is 0.420 e. The van der Waals surface area contributed by atoms with Gasteiger partial charge >= 0.3 is 6.18 Å². The molecule has 0 aliphatic rings. The van der Waals surface area contributed by atoms with Gasteiger partial charge in [-0.3, -0.25) is 0 Å². The van der Waals surface area contributed by atoms with Gasteiger partial charge in [0.25, 0.3) is 6.43 Å². The van der Waals surface area contributed by atoms with Gasteiger partial charge in [0, 0.05) is 6.54 Å². The molecule has 0 fully saturated rings. The molecule has 0 amide bonds. The number of hydrogen-bond donors (Lipinski definition) is 1. The van der Waals surface area contributed by atoms with Crippen LogP contribution in [0, 0.1) is 0 Å². The van der Waals surface area contributed by atoms with E-state index in [9.17, 15) is 22.0 Å². The second-order valence-electron chi connectivity index (χ2n) is 3.08. The summed E-state index contributed by atoms with van der Waals surface area (Å²) in [5.74, 6) is -0.621. The molecule has 0 bridgehead atoms. The molecule has 1 rings (SSSR count). The molecule has 0 aliphatic heterocycles. The van der Waals surface area contributed by atoms with E-state index in [2.05, 4.69) is 9.72 Å². The lowest BCUT2D eigenvalue weighted by Crippen LogP contribution is -2.14. The number of methoxy groups -OCH3 is 1. The smallest absolute Gasteiger partial charge is 0.420 e. The molecule has 0 radical (unpaired) electrons. The highest BCUT2D eigenvalue weighted by Gasteiger charge is 2.37. The Bertz CT molecular complexity index is 405. The van der Waals surface area contributed by atoms with Gasteiger partial charge in [-0.25, -0.2) is 13.8 Å². The summed E-state index contributed by atoms with van der Waals surface area (Å²) in [7, 11) is 0.994. The summed E-state index contributed by atoms with van der Waals surface area (Å²) in [6, 6.07) is 0.267. The summed E-state index contributed by atoms with van der Waals surface area (Å²) >= 11 is 0. The molecule has 1 aromatic rings. The van der Waals surface area contributed by atoms with Crippen LogP contribution >= 0.6 is 0 Å². The first-order chi connectivity index (χ1) is 7.81. The first-order valence-electron chi connectivity index (χ1n) is 4.44. The number of pyridine rings is 1. The van der Waals surface area contributed by atoms with Gasteiger partial charge in [-0.1, -0.05) is 0 Å². The highest BCUT2D eigenvalue weighted by molar-refractivity contribution is 5.41. The van der Waals surface area contributed by atoms with Crippen LogP contribution in [0.3, 0.4) is 0 Å². The third kappa shape index (κ3) is 2.82. The van der Waals surface area contributed by atoms with E-state index in [1.165, 1.54) is 0 Å². The van der Waals surface area contributed by atoms with E-state index in [0.717, 1.165) is 7.11 Å². The summed E-state index contributed by atoms with van der Waals surface area (Å²) in [5.41, 5.74) is 2.53. The standard InChI is InChI=1S/C9H9F5N2O/c1-17-7-4(9(12,13)14)2-5(8(10)11)16-6(7)3-15/h2,8H,3,15H2,1H3.